The summed E-state index contributed by atoms with van der Waals surface area (Å²) in [6, 6.07) is 5.96. The molecule has 0 aliphatic carbocycles. The van der Waals surface area contributed by atoms with Crippen LogP contribution in [0.2, 0.25) is 0 Å². The van der Waals surface area contributed by atoms with Gasteiger partial charge in [-0.15, -0.1) is 0 Å². The first-order chi connectivity index (χ1) is 8.22. The molecule has 17 heavy (non-hydrogen) atoms. The Balaban J connectivity index is 2.38. The highest BCUT2D eigenvalue weighted by Crippen LogP contribution is 2.27. The first-order valence-corrected chi connectivity index (χ1v) is 5.72. The first-order valence-electron chi connectivity index (χ1n) is 5.72. The standard InChI is InChI=1S/C13H17N3O/c1-9(5-7-17)16-13-3-2-12(14)10-4-6-15-8-11(10)13/h2-4,6,8-9,16-17H,5,7,14H2,1H3. The van der Waals surface area contributed by atoms with Gasteiger partial charge in [0.25, 0.3) is 0 Å². The number of anilines is 2. The number of rotatable bonds is 4. The molecule has 90 valence electrons. The maximum Gasteiger partial charge on any atom is 0.0450 e. The van der Waals surface area contributed by atoms with Gasteiger partial charge >= 0.3 is 0 Å². The number of hydrogen-bond donors (Lipinski definition) is 3. The zero-order valence-corrected chi connectivity index (χ0v) is 9.85. The lowest BCUT2D eigenvalue weighted by atomic mass is 10.1. The number of aliphatic hydroxyl groups is 1. The molecular weight excluding hydrogens is 214 g/mol. The number of nitrogens with zero attached hydrogens (tertiary/aromatic N) is 1. The fourth-order valence-electron chi connectivity index (χ4n) is 1.87. The fraction of sp³-hybridized carbons (Fsp3) is 0.308. The van der Waals surface area contributed by atoms with Gasteiger partial charge in [0, 0.05) is 47.2 Å². The van der Waals surface area contributed by atoms with Gasteiger partial charge in [-0.1, -0.05) is 0 Å². The van der Waals surface area contributed by atoms with Crippen LogP contribution >= 0.6 is 0 Å². The van der Waals surface area contributed by atoms with Crippen LogP contribution in [0, 0.1) is 0 Å². The smallest absolute Gasteiger partial charge is 0.0450 e. The number of nitrogen functional groups attached to an aromatic ring is 1. The third-order valence-corrected chi connectivity index (χ3v) is 2.82. The molecule has 0 radical (unpaired) electrons. The third kappa shape index (κ3) is 2.47. The Hall–Kier alpha value is -1.81. The lowest BCUT2D eigenvalue weighted by Gasteiger charge is -2.16. The highest BCUT2D eigenvalue weighted by Gasteiger charge is 2.06. The molecule has 0 saturated carbocycles. The van der Waals surface area contributed by atoms with E-state index in [-0.39, 0.29) is 12.6 Å². The van der Waals surface area contributed by atoms with Crippen molar-refractivity contribution in [1.82, 2.24) is 4.98 Å². The predicted octanol–water partition coefficient (Wildman–Crippen LogP) is 2.00. The highest BCUT2D eigenvalue weighted by atomic mass is 16.3. The molecule has 1 unspecified atom stereocenters. The van der Waals surface area contributed by atoms with Crippen LogP contribution in [0.1, 0.15) is 13.3 Å². The van der Waals surface area contributed by atoms with Crippen molar-refractivity contribution in [3.63, 3.8) is 0 Å². The largest absolute Gasteiger partial charge is 0.398 e. The molecule has 0 amide bonds. The van der Waals surface area contributed by atoms with E-state index in [9.17, 15) is 0 Å². The lowest BCUT2D eigenvalue weighted by Crippen LogP contribution is -2.16. The van der Waals surface area contributed by atoms with Gasteiger partial charge in [-0.05, 0) is 31.5 Å². The Morgan fingerprint density at radius 3 is 2.94 bits per heavy atom. The molecule has 4 N–H and O–H groups in total. The van der Waals surface area contributed by atoms with Crippen LogP contribution in [-0.2, 0) is 0 Å². The van der Waals surface area contributed by atoms with Gasteiger partial charge < -0.3 is 16.2 Å². The van der Waals surface area contributed by atoms with Gasteiger partial charge in [-0.25, -0.2) is 0 Å². The molecule has 1 atom stereocenters. The van der Waals surface area contributed by atoms with E-state index in [1.807, 2.05) is 25.1 Å². The first kappa shape index (κ1) is 11.7. The second kappa shape index (κ2) is 5.01. The molecule has 0 aliphatic heterocycles. The minimum absolute atomic E-state index is 0.180. The van der Waals surface area contributed by atoms with Crippen LogP contribution < -0.4 is 11.1 Å². The molecule has 4 nitrogen and oxygen atoms in total. The topological polar surface area (TPSA) is 71.2 Å². The van der Waals surface area contributed by atoms with E-state index < -0.39 is 0 Å². The van der Waals surface area contributed by atoms with E-state index in [2.05, 4.69) is 10.3 Å². The van der Waals surface area contributed by atoms with Crippen molar-refractivity contribution in [1.29, 1.82) is 0 Å². The Morgan fingerprint density at radius 1 is 1.35 bits per heavy atom. The molecule has 0 bridgehead atoms. The van der Waals surface area contributed by atoms with Crippen molar-refractivity contribution in [2.75, 3.05) is 17.7 Å². The Kier molecular flexibility index (Phi) is 3.44. The van der Waals surface area contributed by atoms with Gasteiger partial charge in [-0.3, -0.25) is 4.98 Å². The Morgan fingerprint density at radius 2 is 2.18 bits per heavy atom. The zero-order chi connectivity index (χ0) is 12.3. The average molecular weight is 231 g/mol. The van der Waals surface area contributed by atoms with Crippen LogP contribution in [0.25, 0.3) is 10.8 Å². The van der Waals surface area contributed by atoms with Gasteiger partial charge in [0.1, 0.15) is 0 Å². The van der Waals surface area contributed by atoms with Crippen molar-refractivity contribution in [3.8, 4) is 0 Å². The minimum atomic E-state index is 0.180. The number of pyridine rings is 1. The summed E-state index contributed by atoms with van der Waals surface area (Å²) in [5, 5.41) is 14.3. The summed E-state index contributed by atoms with van der Waals surface area (Å²) in [6.07, 6.45) is 4.26. The minimum Gasteiger partial charge on any atom is -0.398 e. The molecule has 0 saturated heterocycles. The van der Waals surface area contributed by atoms with E-state index in [0.29, 0.717) is 6.42 Å². The average Bonchev–Trinajstić information content (AvgIpc) is 2.34. The van der Waals surface area contributed by atoms with E-state index in [0.717, 1.165) is 22.1 Å². The Bertz CT molecular complexity index is 513. The number of hydrogen-bond acceptors (Lipinski definition) is 4. The van der Waals surface area contributed by atoms with E-state index in [1.165, 1.54) is 0 Å². The van der Waals surface area contributed by atoms with Crippen LogP contribution in [-0.4, -0.2) is 22.7 Å². The van der Waals surface area contributed by atoms with Crippen LogP contribution in [0.5, 0.6) is 0 Å². The maximum absolute atomic E-state index is 8.90. The van der Waals surface area contributed by atoms with Crippen LogP contribution in [0.4, 0.5) is 11.4 Å². The number of aliphatic hydroxyl groups excluding tert-OH is 1. The quantitative estimate of drug-likeness (QED) is 0.704. The number of nitrogens with two attached hydrogens (primary N) is 1. The molecular formula is C13H17N3O. The number of benzene rings is 1. The molecule has 1 aromatic heterocycles. The van der Waals surface area contributed by atoms with Crippen molar-refractivity contribution in [2.24, 2.45) is 0 Å². The second-order valence-electron chi connectivity index (χ2n) is 4.18. The van der Waals surface area contributed by atoms with Gasteiger partial charge in [-0.2, -0.15) is 0 Å². The van der Waals surface area contributed by atoms with Crippen LogP contribution in [0.3, 0.4) is 0 Å². The summed E-state index contributed by atoms with van der Waals surface area (Å²) in [5.74, 6) is 0. The van der Waals surface area contributed by atoms with E-state index in [4.69, 9.17) is 10.8 Å². The number of fused-ring (bicyclic) bond motifs is 1. The van der Waals surface area contributed by atoms with Crippen LogP contribution in [0.15, 0.2) is 30.6 Å². The third-order valence-electron chi connectivity index (χ3n) is 2.82. The zero-order valence-electron chi connectivity index (χ0n) is 9.85. The monoisotopic (exact) mass is 231 g/mol. The normalized spacial score (nSPS) is 12.6. The summed E-state index contributed by atoms with van der Waals surface area (Å²) in [6.45, 7) is 2.22. The van der Waals surface area contributed by atoms with Crippen molar-refractivity contribution in [3.05, 3.63) is 30.6 Å². The molecule has 4 heteroatoms. The maximum atomic E-state index is 8.90. The lowest BCUT2D eigenvalue weighted by molar-refractivity contribution is 0.282. The number of aromatic nitrogens is 1. The SMILES string of the molecule is CC(CCO)Nc1ccc(N)c2ccncc12. The highest BCUT2D eigenvalue weighted by molar-refractivity contribution is 6.00. The van der Waals surface area contributed by atoms with E-state index >= 15 is 0 Å². The van der Waals surface area contributed by atoms with E-state index in [1.54, 1.807) is 12.4 Å². The molecule has 2 aromatic rings. The van der Waals surface area contributed by atoms with Gasteiger partial charge in [0.2, 0.25) is 0 Å². The second-order valence-corrected chi connectivity index (χ2v) is 4.18. The number of nitrogens with one attached hydrogen (secondary N) is 1. The Labute approximate surface area is 100 Å². The van der Waals surface area contributed by atoms with Crippen molar-refractivity contribution >= 4 is 22.1 Å². The fourth-order valence-corrected chi connectivity index (χ4v) is 1.87. The van der Waals surface area contributed by atoms with Gasteiger partial charge in [0.15, 0.2) is 0 Å². The molecule has 1 aromatic carbocycles. The molecule has 0 spiro atoms. The molecule has 0 fully saturated rings. The van der Waals surface area contributed by atoms with Crippen molar-refractivity contribution < 1.29 is 5.11 Å². The summed E-state index contributed by atoms with van der Waals surface area (Å²) in [7, 11) is 0. The summed E-state index contributed by atoms with van der Waals surface area (Å²) in [5.41, 5.74) is 7.67. The predicted molar refractivity (Wildman–Crippen MR) is 70.9 cm³/mol. The van der Waals surface area contributed by atoms with Gasteiger partial charge in [0.05, 0.1) is 0 Å². The summed E-state index contributed by atoms with van der Waals surface area (Å²) in [4.78, 5) is 4.12. The van der Waals surface area contributed by atoms with Crippen molar-refractivity contribution in [2.45, 2.75) is 19.4 Å². The summed E-state index contributed by atoms with van der Waals surface area (Å²) >= 11 is 0. The molecule has 2 rings (SSSR count). The molecule has 0 aliphatic rings. The summed E-state index contributed by atoms with van der Waals surface area (Å²) < 4.78 is 0. The molecule has 1 heterocycles.